The summed E-state index contributed by atoms with van der Waals surface area (Å²) in [7, 11) is 0. The van der Waals surface area contributed by atoms with E-state index in [1.54, 1.807) is 0 Å². The SMILES string of the molecule is O=C1C2CCCCC2C(=O)N1c1ccccc1. The molecule has 2 fully saturated rings. The molecule has 0 aromatic heterocycles. The summed E-state index contributed by atoms with van der Waals surface area (Å²) < 4.78 is 0. The van der Waals surface area contributed by atoms with Gasteiger partial charge in [0, 0.05) is 0 Å². The van der Waals surface area contributed by atoms with E-state index in [4.69, 9.17) is 0 Å². The van der Waals surface area contributed by atoms with Crippen LogP contribution in [-0.2, 0) is 9.59 Å². The molecule has 1 saturated carbocycles. The normalized spacial score (nSPS) is 28.4. The molecule has 1 heterocycles. The summed E-state index contributed by atoms with van der Waals surface area (Å²) in [6, 6.07) is 9.26. The van der Waals surface area contributed by atoms with Crippen LogP contribution in [0.1, 0.15) is 25.7 Å². The van der Waals surface area contributed by atoms with E-state index in [2.05, 4.69) is 0 Å². The van der Waals surface area contributed by atoms with Gasteiger partial charge in [-0.1, -0.05) is 31.0 Å². The third kappa shape index (κ3) is 1.57. The van der Waals surface area contributed by atoms with Crippen molar-refractivity contribution in [2.45, 2.75) is 25.7 Å². The van der Waals surface area contributed by atoms with Crippen LogP contribution < -0.4 is 4.90 Å². The van der Waals surface area contributed by atoms with Crippen molar-refractivity contribution >= 4 is 17.5 Å². The first-order valence-corrected chi connectivity index (χ1v) is 6.22. The Labute approximate surface area is 100 Å². The quantitative estimate of drug-likeness (QED) is 0.693. The molecule has 1 aromatic carbocycles. The van der Waals surface area contributed by atoms with Crippen LogP contribution in [-0.4, -0.2) is 11.8 Å². The summed E-state index contributed by atoms with van der Waals surface area (Å²) >= 11 is 0. The molecule has 3 rings (SSSR count). The number of anilines is 1. The molecule has 1 aliphatic carbocycles. The zero-order valence-corrected chi connectivity index (χ0v) is 9.63. The van der Waals surface area contributed by atoms with Crippen LogP contribution in [0, 0.1) is 11.8 Å². The molecule has 2 unspecified atom stereocenters. The highest BCUT2D eigenvalue weighted by atomic mass is 16.2. The topological polar surface area (TPSA) is 37.4 Å². The summed E-state index contributed by atoms with van der Waals surface area (Å²) in [6.07, 6.45) is 3.89. The molecule has 2 atom stereocenters. The van der Waals surface area contributed by atoms with Gasteiger partial charge in [0.1, 0.15) is 0 Å². The number of para-hydroxylation sites is 1. The smallest absolute Gasteiger partial charge is 0.237 e. The average Bonchev–Trinajstić information content (AvgIpc) is 2.64. The predicted octanol–water partition coefficient (Wildman–Crippen LogP) is 2.37. The highest BCUT2D eigenvalue weighted by Crippen LogP contribution is 2.39. The number of carbonyl (C=O) groups excluding carboxylic acids is 2. The third-order valence-electron chi connectivity index (χ3n) is 3.86. The Morgan fingerprint density at radius 1 is 0.882 bits per heavy atom. The van der Waals surface area contributed by atoms with E-state index >= 15 is 0 Å². The minimum absolute atomic E-state index is 0.00546. The van der Waals surface area contributed by atoms with E-state index in [9.17, 15) is 9.59 Å². The minimum atomic E-state index is -0.0588. The lowest BCUT2D eigenvalue weighted by molar-refractivity contribution is -0.122. The highest BCUT2D eigenvalue weighted by Gasteiger charge is 2.48. The molecule has 1 aromatic rings. The molecular weight excluding hydrogens is 214 g/mol. The fourth-order valence-corrected chi connectivity index (χ4v) is 2.99. The molecular formula is C14H15NO2. The maximum Gasteiger partial charge on any atom is 0.237 e. The van der Waals surface area contributed by atoms with Crippen molar-refractivity contribution in [3.8, 4) is 0 Å². The van der Waals surface area contributed by atoms with Gasteiger partial charge in [-0.05, 0) is 25.0 Å². The van der Waals surface area contributed by atoms with E-state index in [-0.39, 0.29) is 23.7 Å². The molecule has 1 aliphatic heterocycles. The molecule has 2 aliphatic rings. The Kier molecular flexibility index (Phi) is 2.46. The number of benzene rings is 1. The Balaban J connectivity index is 1.96. The molecule has 3 heteroatoms. The van der Waals surface area contributed by atoms with Crippen LogP contribution in [0.2, 0.25) is 0 Å². The van der Waals surface area contributed by atoms with Crippen LogP contribution in [0.4, 0.5) is 5.69 Å². The second kappa shape index (κ2) is 3.99. The number of imide groups is 1. The van der Waals surface area contributed by atoms with E-state index in [1.165, 1.54) is 4.90 Å². The first-order valence-electron chi connectivity index (χ1n) is 6.22. The van der Waals surface area contributed by atoms with Gasteiger partial charge in [0.05, 0.1) is 17.5 Å². The van der Waals surface area contributed by atoms with Gasteiger partial charge >= 0.3 is 0 Å². The molecule has 88 valence electrons. The van der Waals surface area contributed by atoms with Crippen molar-refractivity contribution in [1.29, 1.82) is 0 Å². The van der Waals surface area contributed by atoms with Gasteiger partial charge in [0.15, 0.2) is 0 Å². The standard InChI is InChI=1S/C14H15NO2/c16-13-11-8-4-5-9-12(11)14(17)15(13)10-6-2-1-3-7-10/h1-3,6-7,11-12H,4-5,8-9H2. The molecule has 0 spiro atoms. The second-order valence-corrected chi connectivity index (χ2v) is 4.84. The van der Waals surface area contributed by atoms with Crippen LogP contribution in [0.5, 0.6) is 0 Å². The Morgan fingerprint density at radius 3 is 1.94 bits per heavy atom. The molecule has 0 bridgehead atoms. The first kappa shape index (κ1) is 10.5. The Morgan fingerprint density at radius 2 is 1.41 bits per heavy atom. The summed E-state index contributed by atoms with van der Waals surface area (Å²) in [5.41, 5.74) is 0.719. The summed E-state index contributed by atoms with van der Waals surface area (Å²) in [4.78, 5) is 25.9. The zero-order valence-electron chi connectivity index (χ0n) is 9.63. The van der Waals surface area contributed by atoms with Gasteiger partial charge in [-0.3, -0.25) is 14.5 Å². The van der Waals surface area contributed by atoms with Crippen LogP contribution in [0.3, 0.4) is 0 Å². The average molecular weight is 229 g/mol. The van der Waals surface area contributed by atoms with Crippen LogP contribution >= 0.6 is 0 Å². The lowest BCUT2D eigenvalue weighted by Crippen LogP contribution is -2.30. The van der Waals surface area contributed by atoms with Gasteiger partial charge in [0.2, 0.25) is 11.8 Å². The van der Waals surface area contributed by atoms with Crippen molar-refractivity contribution in [3.63, 3.8) is 0 Å². The van der Waals surface area contributed by atoms with Gasteiger partial charge in [-0.25, -0.2) is 0 Å². The van der Waals surface area contributed by atoms with Crippen molar-refractivity contribution < 1.29 is 9.59 Å². The zero-order chi connectivity index (χ0) is 11.8. The van der Waals surface area contributed by atoms with Gasteiger partial charge < -0.3 is 0 Å². The van der Waals surface area contributed by atoms with Gasteiger partial charge in [0.25, 0.3) is 0 Å². The predicted molar refractivity (Wildman–Crippen MR) is 64.4 cm³/mol. The fraction of sp³-hybridized carbons (Fsp3) is 0.429. The number of hydrogen-bond donors (Lipinski definition) is 0. The number of nitrogens with zero attached hydrogens (tertiary/aromatic N) is 1. The number of carbonyl (C=O) groups is 2. The molecule has 17 heavy (non-hydrogen) atoms. The van der Waals surface area contributed by atoms with Crippen LogP contribution in [0.15, 0.2) is 30.3 Å². The highest BCUT2D eigenvalue weighted by molar-refractivity contribution is 6.22. The third-order valence-corrected chi connectivity index (χ3v) is 3.86. The van der Waals surface area contributed by atoms with Crippen molar-refractivity contribution in [2.24, 2.45) is 11.8 Å². The molecule has 0 radical (unpaired) electrons. The summed E-state index contributed by atoms with van der Waals surface area (Å²) in [6.45, 7) is 0. The molecule has 2 amide bonds. The number of fused-ring (bicyclic) bond motifs is 1. The largest absolute Gasteiger partial charge is 0.274 e. The fourth-order valence-electron chi connectivity index (χ4n) is 2.99. The van der Waals surface area contributed by atoms with Gasteiger partial charge in [-0.2, -0.15) is 0 Å². The van der Waals surface area contributed by atoms with E-state index in [0.29, 0.717) is 0 Å². The second-order valence-electron chi connectivity index (χ2n) is 4.84. The van der Waals surface area contributed by atoms with E-state index in [1.807, 2.05) is 30.3 Å². The van der Waals surface area contributed by atoms with Crippen molar-refractivity contribution in [1.82, 2.24) is 0 Å². The van der Waals surface area contributed by atoms with Gasteiger partial charge in [-0.15, -0.1) is 0 Å². The number of rotatable bonds is 1. The van der Waals surface area contributed by atoms with E-state index in [0.717, 1.165) is 31.4 Å². The minimum Gasteiger partial charge on any atom is -0.274 e. The first-order chi connectivity index (χ1) is 8.29. The monoisotopic (exact) mass is 229 g/mol. The Bertz CT molecular complexity index is 431. The number of hydrogen-bond acceptors (Lipinski definition) is 2. The molecule has 3 nitrogen and oxygen atoms in total. The number of amides is 2. The van der Waals surface area contributed by atoms with Crippen molar-refractivity contribution in [2.75, 3.05) is 4.90 Å². The lowest BCUT2D eigenvalue weighted by Gasteiger charge is -2.19. The Hall–Kier alpha value is -1.64. The molecule has 1 saturated heterocycles. The summed E-state index contributed by atoms with van der Waals surface area (Å²) in [5.74, 6) is -0.107. The summed E-state index contributed by atoms with van der Waals surface area (Å²) in [5, 5.41) is 0. The maximum absolute atomic E-state index is 12.3. The van der Waals surface area contributed by atoms with E-state index < -0.39 is 0 Å². The maximum atomic E-state index is 12.3. The lowest BCUT2D eigenvalue weighted by atomic mass is 9.81. The van der Waals surface area contributed by atoms with Crippen LogP contribution in [0.25, 0.3) is 0 Å². The molecule has 0 N–H and O–H groups in total. The van der Waals surface area contributed by atoms with Crippen molar-refractivity contribution in [3.05, 3.63) is 30.3 Å².